The zero-order valence-corrected chi connectivity index (χ0v) is 12.5. The standard InChI is InChI=1S/C6H14N2O2.C5H9NO4S/c7-4-2-1-3-5(8)6(9)10;7-4(8)1-6-3(2-11)5(9)10/h5H,1-4,7-8H2,(H,9,10);3,6,11H,1-2H2,(H,7,8)(H,9,10)/t5-;/m0./s1. The van der Waals surface area contributed by atoms with E-state index in [0.717, 1.165) is 12.8 Å². The zero-order valence-electron chi connectivity index (χ0n) is 11.6. The van der Waals surface area contributed by atoms with Crippen molar-refractivity contribution in [3.8, 4) is 0 Å². The third-order valence-corrected chi connectivity index (χ3v) is 2.63. The van der Waals surface area contributed by atoms with Gasteiger partial charge in [0.05, 0.1) is 6.54 Å². The van der Waals surface area contributed by atoms with Gasteiger partial charge < -0.3 is 26.8 Å². The minimum atomic E-state index is -1.10. The van der Waals surface area contributed by atoms with E-state index in [0.29, 0.717) is 13.0 Å². The average Bonchev–Trinajstić information content (AvgIpc) is 2.39. The summed E-state index contributed by atoms with van der Waals surface area (Å²) in [5, 5.41) is 27.2. The van der Waals surface area contributed by atoms with Gasteiger partial charge in [0.2, 0.25) is 0 Å². The number of carboxylic acids is 3. The van der Waals surface area contributed by atoms with Crippen molar-refractivity contribution >= 4 is 30.5 Å². The minimum Gasteiger partial charge on any atom is -0.480 e. The number of aliphatic carboxylic acids is 3. The molecule has 0 aliphatic carbocycles. The molecule has 0 saturated heterocycles. The van der Waals surface area contributed by atoms with Crippen LogP contribution in [0.25, 0.3) is 0 Å². The van der Waals surface area contributed by atoms with Gasteiger partial charge in [-0.1, -0.05) is 6.42 Å². The van der Waals surface area contributed by atoms with Crippen molar-refractivity contribution in [3.05, 3.63) is 0 Å². The molecular formula is C11H23N3O6S. The second-order valence-electron chi connectivity index (χ2n) is 4.08. The largest absolute Gasteiger partial charge is 0.480 e. The van der Waals surface area contributed by atoms with Crippen LogP contribution in [0.3, 0.4) is 0 Å². The average molecular weight is 325 g/mol. The van der Waals surface area contributed by atoms with Gasteiger partial charge in [0.15, 0.2) is 0 Å². The van der Waals surface area contributed by atoms with Crippen molar-refractivity contribution in [3.63, 3.8) is 0 Å². The summed E-state index contributed by atoms with van der Waals surface area (Å²) < 4.78 is 0. The summed E-state index contributed by atoms with van der Waals surface area (Å²) in [5.41, 5.74) is 10.4. The van der Waals surface area contributed by atoms with Crippen molar-refractivity contribution < 1.29 is 29.7 Å². The van der Waals surface area contributed by atoms with Gasteiger partial charge in [0, 0.05) is 5.75 Å². The van der Waals surface area contributed by atoms with Crippen LogP contribution in [0.1, 0.15) is 19.3 Å². The molecule has 0 radical (unpaired) electrons. The molecule has 0 fully saturated rings. The zero-order chi connectivity index (χ0) is 16.8. The highest BCUT2D eigenvalue weighted by Crippen LogP contribution is 1.96. The Balaban J connectivity index is 0. The normalized spacial score (nSPS) is 12.7. The van der Waals surface area contributed by atoms with Crippen molar-refractivity contribution in [2.75, 3.05) is 18.8 Å². The summed E-state index contributed by atoms with van der Waals surface area (Å²) in [5.74, 6) is -3.04. The van der Waals surface area contributed by atoms with Crippen LogP contribution in [0.15, 0.2) is 0 Å². The fourth-order valence-corrected chi connectivity index (χ4v) is 1.36. The van der Waals surface area contributed by atoms with Gasteiger partial charge in [0.1, 0.15) is 12.1 Å². The second-order valence-corrected chi connectivity index (χ2v) is 4.44. The summed E-state index contributed by atoms with van der Waals surface area (Å²) in [7, 11) is 0. The Hall–Kier alpha value is -1.36. The quantitative estimate of drug-likeness (QED) is 0.187. The molecule has 2 atom stereocenters. The maximum absolute atomic E-state index is 10.2. The maximum atomic E-state index is 10.2. The molecule has 0 aromatic rings. The molecule has 124 valence electrons. The van der Waals surface area contributed by atoms with E-state index in [1.807, 2.05) is 0 Å². The van der Waals surface area contributed by atoms with Gasteiger partial charge in [-0.15, -0.1) is 0 Å². The van der Waals surface area contributed by atoms with Gasteiger partial charge in [-0.05, 0) is 19.4 Å². The lowest BCUT2D eigenvalue weighted by Crippen LogP contribution is -2.40. The molecule has 8 N–H and O–H groups in total. The van der Waals surface area contributed by atoms with E-state index >= 15 is 0 Å². The summed E-state index contributed by atoms with van der Waals surface area (Å²) in [6.45, 7) is 0.240. The monoisotopic (exact) mass is 325 g/mol. The summed E-state index contributed by atoms with van der Waals surface area (Å²) >= 11 is 3.72. The molecular weight excluding hydrogens is 302 g/mol. The van der Waals surface area contributed by atoms with Crippen LogP contribution >= 0.6 is 12.6 Å². The van der Waals surface area contributed by atoms with Gasteiger partial charge >= 0.3 is 17.9 Å². The third kappa shape index (κ3) is 14.9. The number of thiol groups is 1. The number of unbranched alkanes of at least 4 members (excludes halogenated alkanes) is 1. The van der Waals surface area contributed by atoms with Gasteiger partial charge in [-0.3, -0.25) is 19.7 Å². The fourth-order valence-electron chi connectivity index (χ4n) is 1.07. The Kier molecular flexibility index (Phi) is 14.2. The van der Waals surface area contributed by atoms with Crippen LogP contribution in [0.2, 0.25) is 0 Å². The van der Waals surface area contributed by atoms with Crippen LogP contribution in [-0.4, -0.2) is 64.2 Å². The Labute approximate surface area is 128 Å². The van der Waals surface area contributed by atoms with E-state index in [1.165, 1.54) is 0 Å². The number of hydrogen-bond donors (Lipinski definition) is 7. The first-order valence-corrected chi connectivity index (χ1v) is 6.86. The van der Waals surface area contributed by atoms with E-state index in [-0.39, 0.29) is 12.3 Å². The highest BCUT2D eigenvalue weighted by atomic mass is 32.1. The fraction of sp³-hybridized carbons (Fsp3) is 0.727. The van der Waals surface area contributed by atoms with Crippen LogP contribution in [0.4, 0.5) is 0 Å². The summed E-state index contributed by atoms with van der Waals surface area (Å²) in [4.78, 5) is 30.3. The SMILES string of the molecule is NCCCC[C@H](N)C(=O)O.O=C(O)CNC(CS)C(=O)O. The summed E-state index contributed by atoms with van der Waals surface area (Å²) in [6, 6.07) is -1.61. The molecule has 0 spiro atoms. The Morgan fingerprint density at radius 2 is 1.67 bits per heavy atom. The number of hydrogen-bond acceptors (Lipinski definition) is 7. The maximum Gasteiger partial charge on any atom is 0.321 e. The highest BCUT2D eigenvalue weighted by molar-refractivity contribution is 7.80. The van der Waals surface area contributed by atoms with Crippen LogP contribution in [0.5, 0.6) is 0 Å². The Bertz CT molecular complexity index is 329. The molecule has 1 unspecified atom stereocenters. The number of nitrogens with one attached hydrogen (secondary N) is 1. The lowest BCUT2D eigenvalue weighted by atomic mass is 10.1. The van der Waals surface area contributed by atoms with E-state index in [1.54, 1.807) is 0 Å². The predicted octanol–water partition coefficient (Wildman–Crippen LogP) is -1.43. The molecule has 0 heterocycles. The van der Waals surface area contributed by atoms with E-state index in [9.17, 15) is 14.4 Å². The van der Waals surface area contributed by atoms with E-state index in [4.69, 9.17) is 26.8 Å². The number of carbonyl (C=O) groups is 3. The van der Waals surface area contributed by atoms with Gasteiger partial charge in [0.25, 0.3) is 0 Å². The summed E-state index contributed by atoms with van der Waals surface area (Å²) in [6.07, 6.45) is 2.16. The Morgan fingerprint density at radius 1 is 1.10 bits per heavy atom. The van der Waals surface area contributed by atoms with Crippen LogP contribution in [0, 0.1) is 0 Å². The smallest absolute Gasteiger partial charge is 0.321 e. The molecule has 0 aromatic heterocycles. The number of rotatable bonds is 10. The van der Waals surface area contributed by atoms with Crippen molar-refractivity contribution in [1.29, 1.82) is 0 Å². The number of nitrogens with two attached hydrogens (primary N) is 2. The molecule has 10 heteroatoms. The third-order valence-electron chi connectivity index (χ3n) is 2.27. The molecule has 9 nitrogen and oxygen atoms in total. The molecule has 21 heavy (non-hydrogen) atoms. The van der Waals surface area contributed by atoms with E-state index < -0.39 is 30.0 Å². The first-order valence-electron chi connectivity index (χ1n) is 6.23. The topological polar surface area (TPSA) is 176 Å². The predicted molar refractivity (Wildman–Crippen MR) is 79.4 cm³/mol. The molecule has 0 amide bonds. The molecule has 0 saturated carbocycles. The highest BCUT2D eigenvalue weighted by Gasteiger charge is 2.14. The van der Waals surface area contributed by atoms with E-state index in [2.05, 4.69) is 17.9 Å². The molecule has 0 aromatic carbocycles. The van der Waals surface area contributed by atoms with Crippen molar-refractivity contribution in [2.45, 2.75) is 31.3 Å². The van der Waals surface area contributed by atoms with Gasteiger partial charge in [-0.2, -0.15) is 12.6 Å². The second kappa shape index (κ2) is 13.6. The lowest BCUT2D eigenvalue weighted by molar-refractivity contribution is -0.140. The minimum absolute atomic E-state index is 0.0720. The molecule has 0 bridgehead atoms. The van der Waals surface area contributed by atoms with Gasteiger partial charge in [-0.25, -0.2) is 0 Å². The van der Waals surface area contributed by atoms with Crippen molar-refractivity contribution in [1.82, 2.24) is 5.32 Å². The first kappa shape index (κ1) is 21.9. The molecule has 0 aliphatic heterocycles. The number of carboxylic acid groups (broad SMARTS) is 3. The first-order chi connectivity index (χ1) is 9.76. The van der Waals surface area contributed by atoms with Crippen LogP contribution < -0.4 is 16.8 Å². The lowest BCUT2D eigenvalue weighted by Gasteiger charge is -2.08. The van der Waals surface area contributed by atoms with Crippen molar-refractivity contribution in [2.24, 2.45) is 11.5 Å². The Morgan fingerprint density at radius 3 is 2.00 bits per heavy atom. The molecule has 0 aliphatic rings. The van der Waals surface area contributed by atoms with Crippen LogP contribution in [-0.2, 0) is 14.4 Å². The molecule has 0 rings (SSSR count).